The van der Waals surface area contributed by atoms with Gasteiger partial charge < -0.3 is 19.6 Å². The van der Waals surface area contributed by atoms with Crippen LogP contribution in [0.4, 0.5) is 16.2 Å². The number of nitrogens with one attached hydrogen (secondary N) is 1. The average Bonchev–Trinajstić information content (AvgIpc) is 3.02. The second kappa shape index (κ2) is 7.16. The van der Waals surface area contributed by atoms with Gasteiger partial charge in [0.1, 0.15) is 17.0 Å². The molecule has 0 fully saturated rings. The first-order valence-electron chi connectivity index (χ1n) is 10.5. The molecule has 168 valence electrons. The lowest BCUT2D eigenvalue weighted by Crippen LogP contribution is -2.55. The van der Waals surface area contributed by atoms with E-state index < -0.39 is 17.5 Å². The van der Waals surface area contributed by atoms with Gasteiger partial charge in [0.05, 0.1) is 0 Å². The predicted molar refractivity (Wildman–Crippen MR) is 125 cm³/mol. The summed E-state index contributed by atoms with van der Waals surface area (Å²) in [6, 6.07) is 18.7. The van der Waals surface area contributed by atoms with Gasteiger partial charge in [-0.3, -0.25) is 4.79 Å². The highest BCUT2D eigenvalue weighted by Gasteiger charge is 2.57. The third-order valence-electron chi connectivity index (χ3n) is 6.26. The Morgan fingerprint density at radius 2 is 1.42 bits per heavy atom. The summed E-state index contributed by atoms with van der Waals surface area (Å²) in [6.45, 7) is 0. The Kier molecular flexibility index (Phi) is 4.49. The molecule has 0 unspecified atom stereocenters. The van der Waals surface area contributed by atoms with Crippen LogP contribution in [0.25, 0.3) is 0 Å². The van der Waals surface area contributed by atoms with Gasteiger partial charge in [0.15, 0.2) is 0 Å². The fraction of sp³-hybridized carbons (Fsp3) is 0.200. The van der Waals surface area contributed by atoms with Crippen molar-refractivity contribution in [2.24, 2.45) is 0 Å². The van der Waals surface area contributed by atoms with Crippen LogP contribution in [-0.4, -0.2) is 50.3 Å². The minimum Gasteiger partial charge on any atom is -0.464 e. The van der Waals surface area contributed by atoms with E-state index in [2.05, 4.69) is 5.43 Å². The topological polar surface area (TPSA) is 85.4 Å². The fourth-order valence-electron chi connectivity index (χ4n) is 4.75. The highest BCUT2D eigenvalue weighted by molar-refractivity contribution is 6.03. The smallest absolute Gasteiger partial charge is 0.423 e. The van der Waals surface area contributed by atoms with E-state index in [-0.39, 0.29) is 0 Å². The molecule has 5 rings (SSSR count). The van der Waals surface area contributed by atoms with Gasteiger partial charge in [-0.2, -0.15) is 0 Å². The quantitative estimate of drug-likeness (QED) is 0.638. The van der Waals surface area contributed by atoms with Crippen LogP contribution in [0.3, 0.4) is 0 Å². The molecule has 0 aliphatic carbocycles. The third-order valence-corrected chi connectivity index (χ3v) is 6.26. The number of nitrogens with zero attached hydrogens (tertiary/aromatic N) is 3. The molecule has 2 heterocycles. The number of hydrogen-bond acceptors (Lipinski definition) is 5. The van der Waals surface area contributed by atoms with E-state index >= 15 is 0 Å². The summed E-state index contributed by atoms with van der Waals surface area (Å²) < 4.78 is 6.38. The highest BCUT2D eigenvalue weighted by Crippen LogP contribution is 2.57. The van der Waals surface area contributed by atoms with Crippen molar-refractivity contribution >= 4 is 23.4 Å². The molecule has 0 radical (unpaired) electrons. The SMILES string of the molecule is CN(C)c1ccc2c(c1)Oc1cc(N(C)C)ccc1C21c2ccccc2C(=O)N1NC(=O)O. The number of ether oxygens (including phenoxy) is 1. The average molecular weight is 444 g/mol. The fourth-order valence-corrected chi connectivity index (χ4v) is 4.75. The van der Waals surface area contributed by atoms with Crippen LogP contribution in [0.1, 0.15) is 27.0 Å². The zero-order valence-electron chi connectivity index (χ0n) is 18.8. The number of carboxylic acid groups (broad SMARTS) is 1. The van der Waals surface area contributed by atoms with Gasteiger partial charge in [-0.25, -0.2) is 15.2 Å². The second-order valence-electron chi connectivity index (χ2n) is 8.57. The minimum atomic E-state index is -1.32. The van der Waals surface area contributed by atoms with Gasteiger partial charge in [-0.15, -0.1) is 0 Å². The van der Waals surface area contributed by atoms with Crippen LogP contribution in [-0.2, 0) is 5.54 Å². The number of carbonyl (C=O) groups excluding carboxylic acids is 1. The Bertz CT molecular complexity index is 1240. The van der Waals surface area contributed by atoms with E-state index in [4.69, 9.17) is 4.74 Å². The summed E-state index contributed by atoms with van der Waals surface area (Å²) in [5.74, 6) is 0.706. The van der Waals surface area contributed by atoms with Crippen LogP contribution < -0.4 is 20.0 Å². The summed E-state index contributed by atoms with van der Waals surface area (Å²) in [4.78, 5) is 29.3. The van der Waals surface area contributed by atoms with Gasteiger partial charge in [0, 0.05) is 74.0 Å². The molecule has 2 amide bonds. The molecule has 33 heavy (non-hydrogen) atoms. The van der Waals surface area contributed by atoms with E-state index in [1.165, 1.54) is 5.01 Å². The van der Waals surface area contributed by atoms with E-state index in [0.717, 1.165) is 11.4 Å². The van der Waals surface area contributed by atoms with Gasteiger partial charge in [0.25, 0.3) is 5.91 Å². The van der Waals surface area contributed by atoms with Gasteiger partial charge >= 0.3 is 6.09 Å². The first kappa shape index (κ1) is 20.7. The maximum absolute atomic E-state index is 13.5. The van der Waals surface area contributed by atoms with E-state index in [1.54, 1.807) is 12.1 Å². The molecule has 2 N–H and O–H groups in total. The Hall–Kier alpha value is -4.20. The lowest BCUT2D eigenvalue weighted by molar-refractivity contribution is 0.0503. The number of rotatable bonds is 3. The highest BCUT2D eigenvalue weighted by atomic mass is 16.5. The molecule has 2 aliphatic rings. The van der Waals surface area contributed by atoms with Crippen LogP contribution in [0.5, 0.6) is 11.5 Å². The molecule has 3 aromatic rings. The zero-order valence-corrected chi connectivity index (χ0v) is 18.8. The Morgan fingerprint density at radius 3 is 1.94 bits per heavy atom. The first-order chi connectivity index (χ1) is 15.7. The summed E-state index contributed by atoms with van der Waals surface area (Å²) in [5.41, 5.74) is 5.52. The van der Waals surface area contributed by atoms with E-state index in [0.29, 0.717) is 33.8 Å². The van der Waals surface area contributed by atoms with Crippen molar-refractivity contribution in [3.8, 4) is 11.5 Å². The van der Waals surface area contributed by atoms with Gasteiger partial charge in [-0.05, 0) is 18.2 Å². The van der Waals surface area contributed by atoms with Crippen molar-refractivity contribution in [1.82, 2.24) is 10.4 Å². The van der Waals surface area contributed by atoms with Crippen molar-refractivity contribution in [2.75, 3.05) is 38.0 Å². The van der Waals surface area contributed by atoms with E-state index in [9.17, 15) is 14.7 Å². The number of hydrogen-bond donors (Lipinski definition) is 2. The third kappa shape index (κ3) is 2.83. The lowest BCUT2D eigenvalue weighted by atomic mass is 9.75. The van der Waals surface area contributed by atoms with Crippen molar-refractivity contribution in [3.05, 3.63) is 82.9 Å². The standard InChI is InChI=1S/C25H24N4O4/c1-27(2)15-9-11-19-21(13-15)33-22-14-16(28(3)4)10-12-20(22)25(19)18-8-6-5-7-17(18)23(30)29(25)26-24(31)32/h5-14,26H,1-4H3,(H,31,32). The molecule has 8 heteroatoms. The van der Waals surface area contributed by atoms with Crippen LogP contribution in [0.15, 0.2) is 60.7 Å². The largest absolute Gasteiger partial charge is 0.464 e. The first-order valence-corrected chi connectivity index (χ1v) is 10.5. The van der Waals surface area contributed by atoms with E-state index in [1.807, 2.05) is 86.5 Å². The lowest BCUT2D eigenvalue weighted by Gasteiger charge is -2.43. The number of anilines is 2. The molecule has 1 spiro atoms. The van der Waals surface area contributed by atoms with Crippen molar-refractivity contribution < 1.29 is 19.4 Å². The Balaban J connectivity index is 1.89. The predicted octanol–water partition coefficient (Wildman–Crippen LogP) is 3.85. The van der Waals surface area contributed by atoms with Crippen LogP contribution in [0.2, 0.25) is 0 Å². The van der Waals surface area contributed by atoms with Gasteiger partial charge in [-0.1, -0.05) is 30.3 Å². The molecule has 0 aromatic heterocycles. The van der Waals surface area contributed by atoms with Crippen LogP contribution in [0, 0.1) is 0 Å². The Labute approximate surface area is 191 Å². The maximum Gasteiger partial charge on any atom is 0.423 e. The van der Waals surface area contributed by atoms with Crippen molar-refractivity contribution in [2.45, 2.75) is 5.54 Å². The molecule has 8 nitrogen and oxygen atoms in total. The minimum absolute atomic E-state index is 0.417. The number of amides is 2. The molecule has 3 aromatic carbocycles. The summed E-state index contributed by atoms with van der Waals surface area (Å²) >= 11 is 0. The van der Waals surface area contributed by atoms with Crippen molar-refractivity contribution in [1.29, 1.82) is 0 Å². The second-order valence-corrected chi connectivity index (χ2v) is 8.57. The molecule has 0 saturated carbocycles. The monoisotopic (exact) mass is 444 g/mol. The molecular weight excluding hydrogens is 420 g/mol. The number of benzene rings is 3. The molecule has 2 aliphatic heterocycles. The normalized spacial score (nSPS) is 14.8. The maximum atomic E-state index is 13.5. The Morgan fingerprint density at radius 1 is 0.879 bits per heavy atom. The van der Waals surface area contributed by atoms with Crippen LogP contribution >= 0.6 is 0 Å². The zero-order chi connectivity index (χ0) is 23.5. The molecule has 0 saturated heterocycles. The number of carbonyl (C=O) groups is 2. The van der Waals surface area contributed by atoms with Gasteiger partial charge in [0.2, 0.25) is 0 Å². The number of hydrazine groups is 1. The van der Waals surface area contributed by atoms with Crippen molar-refractivity contribution in [3.63, 3.8) is 0 Å². The summed E-state index contributed by atoms with van der Waals surface area (Å²) in [6.07, 6.45) is -1.32. The summed E-state index contributed by atoms with van der Waals surface area (Å²) in [7, 11) is 7.74. The molecule has 0 bridgehead atoms. The number of fused-ring (bicyclic) bond motifs is 6. The summed E-state index contributed by atoms with van der Waals surface area (Å²) in [5, 5.41) is 10.9. The molecule has 0 atom stereocenters. The molecular formula is C25H24N4O4.